The molecule has 0 aliphatic heterocycles. The third kappa shape index (κ3) is 7.22. The average Bonchev–Trinajstić information content (AvgIpc) is 2.66. The molecule has 2 rings (SSSR count). The molecule has 0 unspecified atom stereocenters. The lowest BCUT2D eigenvalue weighted by Crippen LogP contribution is -2.37. The van der Waals surface area contributed by atoms with Crippen molar-refractivity contribution in [2.75, 3.05) is 40.5 Å². The van der Waals surface area contributed by atoms with Crippen molar-refractivity contribution >= 4 is 11.6 Å². The van der Waals surface area contributed by atoms with E-state index in [1.807, 2.05) is 24.3 Å². The van der Waals surface area contributed by atoms with Gasteiger partial charge in [0.1, 0.15) is 24.2 Å². The van der Waals surface area contributed by atoms with Gasteiger partial charge in [-0.1, -0.05) is 23.7 Å². The van der Waals surface area contributed by atoms with Gasteiger partial charge in [-0.15, -0.1) is 0 Å². The predicted octanol–water partition coefficient (Wildman–Crippen LogP) is 3.24. The molecule has 0 saturated carbocycles. The highest BCUT2D eigenvalue weighted by atomic mass is 35.5. The maximum absolute atomic E-state index is 10.4. The van der Waals surface area contributed by atoms with E-state index in [1.165, 1.54) is 0 Å². The van der Waals surface area contributed by atoms with E-state index < -0.39 is 6.10 Å². The van der Waals surface area contributed by atoms with Crippen molar-refractivity contribution in [3.05, 3.63) is 59.1 Å². The lowest BCUT2D eigenvalue weighted by atomic mass is 10.2. The van der Waals surface area contributed by atoms with E-state index in [0.717, 1.165) is 11.3 Å². The van der Waals surface area contributed by atoms with E-state index in [1.54, 1.807) is 38.5 Å². The quantitative estimate of drug-likeness (QED) is 0.649. The molecular weight excluding hydrogens is 354 g/mol. The standard InChI is InChI=1S/C20H26ClNO4/c1-24-11-10-22(13-16-4-3-5-20(12-16)25-2)14-18(23)15-26-19-8-6-17(21)7-9-19/h3-9,12,18,23H,10-11,13-15H2,1-2H3/t18-/m0/s1. The van der Waals surface area contributed by atoms with Crippen molar-refractivity contribution in [3.63, 3.8) is 0 Å². The van der Waals surface area contributed by atoms with Crippen LogP contribution < -0.4 is 9.47 Å². The molecule has 2 aromatic carbocycles. The fourth-order valence-electron chi connectivity index (χ4n) is 2.56. The van der Waals surface area contributed by atoms with E-state index in [0.29, 0.717) is 37.0 Å². The molecule has 0 radical (unpaired) electrons. The Hall–Kier alpha value is -1.79. The van der Waals surface area contributed by atoms with Gasteiger partial charge in [-0.25, -0.2) is 0 Å². The zero-order chi connectivity index (χ0) is 18.8. The SMILES string of the molecule is COCCN(Cc1cccc(OC)c1)C[C@H](O)COc1ccc(Cl)cc1. The smallest absolute Gasteiger partial charge is 0.119 e. The minimum absolute atomic E-state index is 0.212. The largest absolute Gasteiger partial charge is 0.497 e. The summed E-state index contributed by atoms with van der Waals surface area (Å²) in [6.45, 7) is 2.69. The van der Waals surface area contributed by atoms with Crippen molar-refractivity contribution in [1.29, 1.82) is 0 Å². The van der Waals surface area contributed by atoms with Gasteiger partial charge in [0.15, 0.2) is 0 Å². The van der Waals surface area contributed by atoms with Crippen LogP contribution in [0.5, 0.6) is 11.5 Å². The zero-order valence-corrected chi connectivity index (χ0v) is 16.0. The van der Waals surface area contributed by atoms with Gasteiger partial charge < -0.3 is 19.3 Å². The fourth-order valence-corrected chi connectivity index (χ4v) is 2.68. The summed E-state index contributed by atoms with van der Waals surface area (Å²) in [4.78, 5) is 2.13. The highest BCUT2D eigenvalue weighted by Gasteiger charge is 2.13. The summed E-state index contributed by atoms with van der Waals surface area (Å²) >= 11 is 5.86. The Kier molecular flexibility index (Phi) is 8.71. The van der Waals surface area contributed by atoms with Gasteiger partial charge in [-0.3, -0.25) is 4.90 Å². The van der Waals surface area contributed by atoms with Crippen LogP contribution in [0.4, 0.5) is 0 Å². The van der Waals surface area contributed by atoms with Crippen LogP contribution in [0.15, 0.2) is 48.5 Å². The maximum Gasteiger partial charge on any atom is 0.119 e. The molecule has 6 heteroatoms. The van der Waals surface area contributed by atoms with E-state index in [9.17, 15) is 5.11 Å². The van der Waals surface area contributed by atoms with E-state index in [4.69, 9.17) is 25.8 Å². The molecule has 0 aliphatic rings. The van der Waals surface area contributed by atoms with E-state index >= 15 is 0 Å². The number of rotatable bonds is 11. The second-order valence-electron chi connectivity index (χ2n) is 6.00. The molecule has 0 heterocycles. The Morgan fingerprint density at radius 2 is 1.85 bits per heavy atom. The van der Waals surface area contributed by atoms with Crippen molar-refractivity contribution in [2.45, 2.75) is 12.6 Å². The Bertz CT molecular complexity index is 651. The van der Waals surface area contributed by atoms with Gasteiger partial charge >= 0.3 is 0 Å². The minimum atomic E-state index is -0.617. The second-order valence-corrected chi connectivity index (χ2v) is 6.43. The molecule has 1 N–H and O–H groups in total. The van der Waals surface area contributed by atoms with Gasteiger partial charge in [0.2, 0.25) is 0 Å². The number of benzene rings is 2. The summed E-state index contributed by atoms with van der Waals surface area (Å²) in [7, 11) is 3.32. The molecule has 0 aromatic heterocycles. The first-order valence-corrected chi connectivity index (χ1v) is 8.89. The Morgan fingerprint density at radius 1 is 1.08 bits per heavy atom. The number of hydrogen-bond acceptors (Lipinski definition) is 5. The lowest BCUT2D eigenvalue weighted by molar-refractivity contribution is 0.0542. The van der Waals surface area contributed by atoms with Crippen molar-refractivity contribution in [1.82, 2.24) is 4.90 Å². The van der Waals surface area contributed by atoms with E-state index in [-0.39, 0.29) is 6.61 Å². The van der Waals surface area contributed by atoms with Gasteiger partial charge in [0.05, 0.1) is 13.7 Å². The van der Waals surface area contributed by atoms with Crippen LogP contribution >= 0.6 is 11.6 Å². The molecular formula is C20H26ClNO4. The van der Waals surface area contributed by atoms with Crippen LogP contribution in [0.2, 0.25) is 5.02 Å². The number of aliphatic hydroxyl groups is 1. The molecule has 0 saturated heterocycles. The predicted molar refractivity (Wildman–Crippen MR) is 103 cm³/mol. The van der Waals surface area contributed by atoms with Crippen LogP contribution in [0.25, 0.3) is 0 Å². The van der Waals surface area contributed by atoms with Crippen LogP contribution in [0.3, 0.4) is 0 Å². The third-order valence-electron chi connectivity index (χ3n) is 3.88. The average molecular weight is 380 g/mol. The maximum atomic E-state index is 10.4. The van der Waals surface area contributed by atoms with Gasteiger partial charge in [-0.05, 0) is 42.0 Å². The van der Waals surface area contributed by atoms with Crippen LogP contribution in [0.1, 0.15) is 5.56 Å². The number of methoxy groups -OCH3 is 2. The number of halogens is 1. The van der Waals surface area contributed by atoms with Crippen LogP contribution in [-0.4, -0.2) is 56.6 Å². The zero-order valence-electron chi connectivity index (χ0n) is 15.2. The molecule has 142 valence electrons. The highest BCUT2D eigenvalue weighted by molar-refractivity contribution is 6.30. The first-order chi connectivity index (χ1) is 12.6. The summed E-state index contributed by atoms with van der Waals surface area (Å²) < 4.78 is 16.1. The molecule has 0 spiro atoms. The summed E-state index contributed by atoms with van der Waals surface area (Å²) in [6.07, 6.45) is -0.617. The van der Waals surface area contributed by atoms with Crippen molar-refractivity contribution in [3.8, 4) is 11.5 Å². The molecule has 0 aliphatic carbocycles. The Labute approximate surface area is 160 Å². The molecule has 0 fully saturated rings. The number of aliphatic hydroxyl groups excluding tert-OH is 1. The van der Waals surface area contributed by atoms with E-state index in [2.05, 4.69) is 4.90 Å². The molecule has 0 amide bonds. The second kappa shape index (κ2) is 11.0. The lowest BCUT2D eigenvalue weighted by Gasteiger charge is -2.25. The highest BCUT2D eigenvalue weighted by Crippen LogP contribution is 2.17. The first-order valence-electron chi connectivity index (χ1n) is 8.51. The van der Waals surface area contributed by atoms with Crippen molar-refractivity contribution in [2.24, 2.45) is 0 Å². The molecule has 2 aromatic rings. The third-order valence-corrected chi connectivity index (χ3v) is 4.13. The summed E-state index contributed by atoms with van der Waals surface area (Å²) in [6, 6.07) is 15.0. The van der Waals surface area contributed by atoms with Gasteiger partial charge in [0, 0.05) is 31.8 Å². The topological polar surface area (TPSA) is 51.2 Å². The van der Waals surface area contributed by atoms with Crippen molar-refractivity contribution < 1.29 is 19.3 Å². The Balaban J connectivity index is 1.89. The minimum Gasteiger partial charge on any atom is -0.497 e. The van der Waals surface area contributed by atoms with Gasteiger partial charge in [-0.2, -0.15) is 0 Å². The molecule has 1 atom stereocenters. The summed E-state index contributed by atoms with van der Waals surface area (Å²) in [5.74, 6) is 1.51. The monoisotopic (exact) mass is 379 g/mol. The normalized spacial score (nSPS) is 12.2. The molecule has 5 nitrogen and oxygen atoms in total. The molecule has 0 bridgehead atoms. The number of hydrogen-bond donors (Lipinski definition) is 1. The van der Waals surface area contributed by atoms with Crippen LogP contribution in [0, 0.1) is 0 Å². The fraction of sp³-hybridized carbons (Fsp3) is 0.400. The summed E-state index contributed by atoms with van der Waals surface area (Å²) in [5.41, 5.74) is 1.12. The summed E-state index contributed by atoms with van der Waals surface area (Å²) in [5, 5.41) is 11.0. The number of ether oxygens (including phenoxy) is 3. The van der Waals surface area contributed by atoms with Crippen LogP contribution in [-0.2, 0) is 11.3 Å². The van der Waals surface area contributed by atoms with Gasteiger partial charge in [0.25, 0.3) is 0 Å². The first kappa shape index (κ1) is 20.5. The Morgan fingerprint density at radius 3 is 2.54 bits per heavy atom. The number of nitrogens with zero attached hydrogens (tertiary/aromatic N) is 1. The molecule has 26 heavy (non-hydrogen) atoms.